The van der Waals surface area contributed by atoms with Crippen molar-refractivity contribution in [2.24, 2.45) is 0 Å². The van der Waals surface area contributed by atoms with Crippen LogP contribution in [-0.4, -0.2) is 15.6 Å². The van der Waals surface area contributed by atoms with E-state index < -0.39 is 0 Å². The molecular weight excluding hydrogens is 270 g/mol. The second-order valence-corrected chi connectivity index (χ2v) is 6.01. The number of rotatable bonds is 6. The summed E-state index contributed by atoms with van der Waals surface area (Å²) in [5, 5.41) is 4.42. The van der Waals surface area contributed by atoms with Crippen molar-refractivity contribution in [2.75, 3.05) is 0 Å². The fourth-order valence-corrected chi connectivity index (χ4v) is 2.71. The molecule has 106 valence electrons. The highest BCUT2D eigenvalue weighted by Crippen LogP contribution is 2.35. The molecule has 1 aromatic carbocycles. The Hall–Kier alpha value is -1.32. The predicted molar refractivity (Wildman–Crippen MR) is 82.0 cm³/mol. The number of hydrogen-bond acceptors (Lipinski definition) is 2. The molecule has 1 fully saturated rings. The van der Waals surface area contributed by atoms with Crippen LogP contribution in [0.15, 0.2) is 36.8 Å². The summed E-state index contributed by atoms with van der Waals surface area (Å²) in [6.45, 7) is 3.06. The van der Waals surface area contributed by atoms with Crippen molar-refractivity contribution in [1.82, 2.24) is 14.9 Å². The first-order valence-electron chi connectivity index (χ1n) is 7.21. The summed E-state index contributed by atoms with van der Waals surface area (Å²) in [6.07, 6.45) is 7.44. The molecule has 0 spiro atoms. The van der Waals surface area contributed by atoms with Crippen molar-refractivity contribution in [1.29, 1.82) is 0 Å². The molecule has 0 amide bonds. The quantitative estimate of drug-likeness (QED) is 0.881. The van der Waals surface area contributed by atoms with E-state index >= 15 is 0 Å². The topological polar surface area (TPSA) is 29.9 Å². The van der Waals surface area contributed by atoms with Gasteiger partial charge in [-0.05, 0) is 37.8 Å². The monoisotopic (exact) mass is 289 g/mol. The van der Waals surface area contributed by atoms with Crippen LogP contribution in [0, 0.1) is 0 Å². The maximum atomic E-state index is 6.20. The second-order valence-electron chi connectivity index (χ2n) is 5.60. The van der Waals surface area contributed by atoms with Gasteiger partial charge < -0.3 is 9.88 Å². The van der Waals surface area contributed by atoms with Gasteiger partial charge >= 0.3 is 0 Å². The van der Waals surface area contributed by atoms with E-state index in [9.17, 15) is 0 Å². The first-order valence-corrected chi connectivity index (χ1v) is 7.59. The molecule has 3 rings (SSSR count). The van der Waals surface area contributed by atoms with Crippen molar-refractivity contribution in [3.63, 3.8) is 0 Å². The molecule has 1 N–H and O–H groups in total. The third kappa shape index (κ3) is 3.22. The molecule has 0 radical (unpaired) electrons. The minimum atomic E-state index is 0.387. The number of aromatic nitrogens is 2. The standard InChI is InChI=1S/C16H20ClN3/c1-12(8-13-4-2-3-5-16(13)17)19-10-15-9-18-11-20(15)14-6-7-14/h2-5,9,11-12,14,19H,6-8,10H2,1H3. The van der Waals surface area contributed by atoms with Gasteiger partial charge in [0.25, 0.3) is 0 Å². The van der Waals surface area contributed by atoms with Crippen LogP contribution in [0.25, 0.3) is 0 Å². The SMILES string of the molecule is CC(Cc1ccccc1Cl)NCc1cncn1C1CC1. The highest BCUT2D eigenvalue weighted by Gasteiger charge is 2.25. The molecule has 1 saturated carbocycles. The normalized spacial score (nSPS) is 16.3. The average molecular weight is 290 g/mol. The molecule has 1 aromatic heterocycles. The summed E-state index contributed by atoms with van der Waals surface area (Å²) >= 11 is 6.20. The molecule has 2 aromatic rings. The van der Waals surface area contributed by atoms with Crippen LogP contribution in [0.2, 0.25) is 5.02 Å². The lowest BCUT2D eigenvalue weighted by atomic mass is 10.1. The van der Waals surface area contributed by atoms with Crippen LogP contribution in [-0.2, 0) is 13.0 Å². The number of imidazole rings is 1. The number of halogens is 1. The van der Waals surface area contributed by atoms with Crippen molar-refractivity contribution in [3.05, 3.63) is 53.1 Å². The summed E-state index contributed by atoms with van der Waals surface area (Å²) in [6, 6.07) is 9.13. The smallest absolute Gasteiger partial charge is 0.0951 e. The third-order valence-electron chi connectivity index (χ3n) is 3.80. The summed E-state index contributed by atoms with van der Waals surface area (Å²) in [5.74, 6) is 0. The van der Waals surface area contributed by atoms with Crippen LogP contribution in [0.5, 0.6) is 0 Å². The first-order chi connectivity index (χ1) is 9.74. The van der Waals surface area contributed by atoms with Gasteiger partial charge in [-0.3, -0.25) is 0 Å². The Morgan fingerprint density at radius 1 is 1.40 bits per heavy atom. The highest BCUT2D eigenvalue weighted by atomic mass is 35.5. The molecule has 1 aliphatic rings. The van der Waals surface area contributed by atoms with Crippen LogP contribution in [0.3, 0.4) is 0 Å². The van der Waals surface area contributed by atoms with Crippen LogP contribution < -0.4 is 5.32 Å². The molecule has 1 unspecified atom stereocenters. The van der Waals surface area contributed by atoms with Gasteiger partial charge in [0.1, 0.15) is 0 Å². The zero-order chi connectivity index (χ0) is 13.9. The van der Waals surface area contributed by atoms with Crippen molar-refractivity contribution in [3.8, 4) is 0 Å². The van der Waals surface area contributed by atoms with Gasteiger partial charge in [0.05, 0.1) is 12.0 Å². The average Bonchev–Trinajstić information content (AvgIpc) is 3.18. The summed E-state index contributed by atoms with van der Waals surface area (Å²) in [4.78, 5) is 4.26. The Kier molecular flexibility index (Phi) is 4.08. The first kappa shape index (κ1) is 13.7. The Labute approximate surface area is 125 Å². The van der Waals surface area contributed by atoms with Gasteiger partial charge in [-0.25, -0.2) is 4.98 Å². The van der Waals surface area contributed by atoms with E-state index in [1.54, 1.807) is 0 Å². The minimum absolute atomic E-state index is 0.387. The lowest BCUT2D eigenvalue weighted by Gasteiger charge is -2.15. The Morgan fingerprint density at radius 2 is 2.20 bits per heavy atom. The van der Waals surface area contributed by atoms with Crippen LogP contribution >= 0.6 is 11.6 Å². The third-order valence-corrected chi connectivity index (χ3v) is 4.17. The second kappa shape index (κ2) is 5.98. The van der Waals surface area contributed by atoms with Crippen LogP contribution in [0.4, 0.5) is 0 Å². The van der Waals surface area contributed by atoms with E-state index in [0.717, 1.165) is 18.0 Å². The molecule has 20 heavy (non-hydrogen) atoms. The van der Waals surface area contributed by atoms with E-state index in [1.165, 1.54) is 24.1 Å². The molecule has 1 heterocycles. The molecule has 4 heteroatoms. The lowest BCUT2D eigenvalue weighted by Crippen LogP contribution is -2.28. The number of nitrogens with zero attached hydrogens (tertiary/aromatic N) is 2. The Balaban J connectivity index is 1.55. The molecule has 1 aliphatic carbocycles. The predicted octanol–water partition coefficient (Wildman–Crippen LogP) is 3.59. The molecule has 0 aliphatic heterocycles. The highest BCUT2D eigenvalue weighted by molar-refractivity contribution is 6.31. The van der Waals surface area contributed by atoms with E-state index in [-0.39, 0.29) is 0 Å². The molecular formula is C16H20ClN3. The largest absolute Gasteiger partial charge is 0.330 e. The Bertz CT molecular complexity index is 575. The maximum Gasteiger partial charge on any atom is 0.0951 e. The van der Waals surface area contributed by atoms with E-state index in [2.05, 4.69) is 27.9 Å². The zero-order valence-electron chi connectivity index (χ0n) is 11.7. The van der Waals surface area contributed by atoms with Crippen molar-refractivity contribution in [2.45, 2.75) is 44.8 Å². The number of hydrogen-bond donors (Lipinski definition) is 1. The minimum Gasteiger partial charge on any atom is -0.330 e. The van der Waals surface area contributed by atoms with Crippen molar-refractivity contribution >= 4 is 11.6 Å². The van der Waals surface area contributed by atoms with Gasteiger partial charge in [-0.15, -0.1) is 0 Å². The summed E-state index contributed by atoms with van der Waals surface area (Å²) in [5.41, 5.74) is 2.48. The fraction of sp³-hybridized carbons (Fsp3) is 0.438. The molecule has 0 saturated heterocycles. The molecule has 0 bridgehead atoms. The summed E-state index contributed by atoms with van der Waals surface area (Å²) < 4.78 is 2.30. The van der Waals surface area contributed by atoms with E-state index in [0.29, 0.717) is 12.1 Å². The van der Waals surface area contributed by atoms with E-state index in [1.807, 2.05) is 30.7 Å². The maximum absolute atomic E-state index is 6.20. The van der Waals surface area contributed by atoms with Gasteiger partial charge in [0, 0.05) is 29.8 Å². The van der Waals surface area contributed by atoms with Gasteiger partial charge in [-0.1, -0.05) is 29.8 Å². The van der Waals surface area contributed by atoms with Gasteiger partial charge in [-0.2, -0.15) is 0 Å². The zero-order valence-corrected chi connectivity index (χ0v) is 12.5. The Morgan fingerprint density at radius 3 is 2.95 bits per heavy atom. The van der Waals surface area contributed by atoms with Gasteiger partial charge in [0.15, 0.2) is 0 Å². The number of benzene rings is 1. The summed E-state index contributed by atoms with van der Waals surface area (Å²) in [7, 11) is 0. The van der Waals surface area contributed by atoms with Crippen LogP contribution in [0.1, 0.15) is 37.1 Å². The lowest BCUT2D eigenvalue weighted by molar-refractivity contribution is 0.525. The fourth-order valence-electron chi connectivity index (χ4n) is 2.50. The van der Waals surface area contributed by atoms with Gasteiger partial charge in [0.2, 0.25) is 0 Å². The molecule has 3 nitrogen and oxygen atoms in total. The molecule has 1 atom stereocenters. The van der Waals surface area contributed by atoms with E-state index in [4.69, 9.17) is 11.6 Å². The van der Waals surface area contributed by atoms with Crippen molar-refractivity contribution < 1.29 is 0 Å². The number of nitrogens with one attached hydrogen (secondary N) is 1.